The van der Waals surface area contributed by atoms with E-state index in [9.17, 15) is 13.6 Å². The van der Waals surface area contributed by atoms with Crippen LogP contribution in [0.1, 0.15) is 25.8 Å². The maximum atomic E-state index is 12.5. The minimum absolute atomic E-state index is 0.0143. The molecule has 9 heteroatoms. The predicted molar refractivity (Wildman–Crippen MR) is 98.8 cm³/mol. The van der Waals surface area contributed by atoms with Gasteiger partial charge in [-0.2, -0.15) is 8.78 Å². The number of ether oxygens (including phenoxy) is 1. The minimum atomic E-state index is -2.94. The van der Waals surface area contributed by atoms with Crippen LogP contribution in [0, 0.1) is 0 Å². The number of hydrogen-bond acceptors (Lipinski definition) is 3. The lowest BCUT2D eigenvalue weighted by molar-refractivity contribution is -0.127. The number of guanidine groups is 1. The second-order valence-corrected chi connectivity index (χ2v) is 6.33. The fourth-order valence-corrected chi connectivity index (χ4v) is 2.05. The van der Waals surface area contributed by atoms with Crippen molar-refractivity contribution in [3.63, 3.8) is 0 Å². The third kappa shape index (κ3) is 7.86. The maximum absolute atomic E-state index is 12.5. The second-order valence-electron chi connectivity index (χ2n) is 5.89. The van der Waals surface area contributed by atoms with Gasteiger partial charge < -0.3 is 20.3 Å². The van der Waals surface area contributed by atoms with Crippen molar-refractivity contribution in [3.05, 3.63) is 28.8 Å². The SMILES string of the molecule is CCC(C)NC(=NCc1cc(Cl)ccc1OC(F)F)NCC(=O)N(C)C. The van der Waals surface area contributed by atoms with Gasteiger partial charge >= 0.3 is 6.61 Å². The first kappa shape index (κ1) is 22.0. The molecule has 1 unspecified atom stereocenters. The zero-order valence-corrected chi connectivity index (χ0v) is 16.1. The van der Waals surface area contributed by atoms with Gasteiger partial charge in [0.25, 0.3) is 0 Å². The number of halogens is 3. The lowest BCUT2D eigenvalue weighted by Gasteiger charge is -2.18. The molecule has 0 radical (unpaired) electrons. The summed E-state index contributed by atoms with van der Waals surface area (Å²) in [6.07, 6.45) is 0.846. The van der Waals surface area contributed by atoms with Crippen LogP contribution in [-0.4, -0.2) is 50.1 Å². The first-order chi connectivity index (χ1) is 12.2. The Balaban J connectivity index is 2.94. The van der Waals surface area contributed by atoms with Crippen LogP contribution in [0.15, 0.2) is 23.2 Å². The van der Waals surface area contributed by atoms with Crippen LogP contribution in [0.2, 0.25) is 5.02 Å². The molecule has 6 nitrogen and oxygen atoms in total. The predicted octanol–water partition coefficient (Wildman–Crippen LogP) is 2.86. The molecular weight excluding hydrogens is 366 g/mol. The van der Waals surface area contributed by atoms with Crippen LogP contribution < -0.4 is 15.4 Å². The Bertz CT molecular complexity index is 627. The molecule has 0 aliphatic heterocycles. The van der Waals surface area contributed by atoms with Crippen LogP contribution in [0.3, 0.4) is 0 Å². The van der Waals surface area contributed by atoms with E-state index in [0.29, 0.717) is 16.5 Å². The lowest BCUT2D eigenvalue weighted by atomic mass is 10.2. The molecule has 0 fully saturated rings. The molecule has 0 bridgehead atoms. The molecule has 0 aromatic heterocycles. The number of carbonyl (C=O) groups excluding carboxylic acids is 1. The molecule has 0 aliphatic rings. The summed E-state index contributed by atoms with van der Waals surface area (Å²) >= 11 is 5.94. The highest BCUT2D eigenvalue weighted by Gasteiger charge is 2.12. The summed E-state index contributed by atoms with van der Waals surface area (Å²) in [6.45, 7) is 1.16. The summed E-state index contributed by atoms with van der Waals surface area (Å²) < 4.78 is 29.6. The molecule has 0 saturated carbocycles. The minimum Gasteiger partial charge on any atom is -0.434 e. The van der Waals surface area contributed by atoms with E-state index in [1.165, 1.54) is 23.1 Å². The highest BCUT2D eigenvalue weighted by molar-refractivity contribution is 6.30. The molecule has 26 heavy (non-hydrogen) atoms. The van der Waals surface area contributed by atoms with E-state index in [2.05, 4.69) is 20.4 Å². The average molecular weight is 391 g/mol. The molecule has 1 atom stereocenters. The summed E-state index contributed by atoms with van der Waals surface area (Å²) in [5, 5.41) is 6.48. The van der Waals surface area contributed by atoms with Gasteiger partial charge in [0.1, 0.15) is 5.75 Å². The third-order valence-electron chi connectivity index (χ3n) is 3.55. The largest absolute Gasteiger partial charge is 0.434 e. The van der Waals surface area contributed by atoms with E-state index in [1.807, 2.05) is 13.8 Å². The van der Waals surface area contributed by atoms with Crippen LogP contribution in [0.5, 0.6) is 5.75 Å². The number of aliphatic imine (C=N–C) groups is 1. The topological polar surface area (TPSA) is 66.0 Å². The molecule has 146 valence electrons. The highest BCUT2D eigenvalue weighted by atomic mass is 35.5. The normalized spacial score (nSPS) is 12.7. The molecule has 1 rings (SSSR count). The summed E-state index contributed by atoms with van der Waals surface area (Å²) in [5.41, 5.74) is 0.419. The Morgan fingerprint density at radius 1 is 1.38 bits per heavy atom. The number of alkyl halides is 2. The van der Waals surface area contributed by atoms with Crippen LogP contribution >= 0.6 is 11.6 Å². The number of likely N-dealkylation sites (N-methyl/N-ethyl adjacent to an activating group) is 1. The molecule has 1 aromatic carbocycles. The lowest BCUT2D eigenvalue weighted by Crippen LogP contribution is -2.45. The van der Waals surface area contributed by atoms with Crippen LogP contribution in [-0.2, 0) is 11.3 Å². The van der Waals surface area contributed by atoms with Gasteiger partial charge in [0.05, 0.1) is 13.1 Å². The molecular formula is C17H25ClF2N4O2. The molecule has 1 aromatic rings. The summed E-state index contributed by atoms with van der Waals surface area (Å²) in [5.74, 6) is 0.297. The van der Waals surface area contributed by atoms with Gasteiger partial charge in [-0.15, -0.1) is 0 Å². The third-order valence-corrected chi connectivity index (χ3v) is 3.78. The highest BCUT2D eigenvalue weighted by Crippen LogP contribution is 2.25. The van der Waals surface area contributed by atoms with Crippen LogP contribution in [0.25, 0.3) is 0 Å². The maximum Gasteiger partial charge on any atom is 0.387 e. The Labute approximate surface area is 157 Å². The number of carbonyl (C=O) groups is 1. The van der Waals surface area contributed by atoms with Gasteiger partial charge in [-0.05, 0) is 31.5 Å². The zero-order valence-electron chi connectivity index (χ0n) is 15.4. The number of hydrogen-bond donors (Lipinski definition) is 2. The van der Waals surface area contributed by atoms with E-state index >= 15 is 0 Å². The van der Waals surface area contributed by atoms with Crippen molar-refractivity contribution < 1.29 is 18.3 Å². The fourth-order valence-electron chi connectivity index (χ4n) is 1.85. The molecule has 0 saturated heterocycles. The number of nitrogens with one attached hydrogen (secondary N) is 2. The summed E-state index contributed by atoms with van der Waals surface area (Å²) in [6, 6.07) is 4.49. The van der Waals surface area contributed by atoms with Crippen molar-refractivity contribution in [2.75, 3.05) is 20.6 Å². The average Bonchev–Trinajstić information content (AvgIpc) is 2.58. The molecule has 0 aliphatic carbocycles. The Kier molecular flexibility index (Phi) is 9.12. The second kappa shape index (κ2) is 10.8. The monoisotopic (exact) mass is 390 g/mol. The van der Waals surface area contributed by atoms with Crippen molar-refractivity contribution in [1.82, 2.24) is 15.5 Å². The van der Waals surface area contributed by atoms with E-state index < -0.39 is 6.61 Å². The molecule has 0 spiro atoms. The first-order valence-corrected chi connectivity index (χ1v) is 8.59. The van der Waals surface area contributed by atoms with Crippen molar-refractivity contribution in [3.8, 4) is 5.75 Å². The van der Waals surface area contributed by atoms with Crippen molar-refractivity contribution in [2.24, 2.45) is 4.99 Å². The number of rotatable bonds is 8. The number of benzene rings is 1. The number of nitrogens with zero attached hydrogens (tertiary/aromatic N) is 2. The van der Waals surface area contributed by atoms with Crippen LogP contribution in [0.4, 0.5) is 8.78 Å². The Morgan fingerprint density at radius 3 is 2.65 bits per heavy atom. The smallest absolute Gasteiger partial charge is 0.387 e. The van der Waals surface area contributed by atoms with Gasteiger partial charge in [-0.3, -0.25) is 4.79 Å². The standard InChI is InChI=1S/C17H25ClF2N4O2/c1-5-11(2)23-17(22-10-15(25)24(3)4)21-9-12-8-13(18)6-7-14(12)26-16(19)20/h6-8,11,16H,5,9-10H2,1-4H3,(H2,21,22,23). The van der Waals surface area contributed by atoms with E-state index in [4.69, 9.17) is 11.6 Å². The van der Waals surface area contributed by atoms with Crippen molar-refractivity contribution in [1.29, 1.82) is 0 Å². The molecule has 0 heterocycles. The van der Waals surface area contributed by atoms with E-state index in [-0.39, 0.29) is 30.8 Å². The number of amides is 1. The van der Waals surface area contributed by atoms with Gasteiger partial charge in [-0.25, -0.2) is 4.99 Å². The Hall–Kier alpha value is -2.09. The van der Waals surface area contributed by atoms with E-state index in [1.54, 1.807) is 14.1 Å². The fraction of sp³-hybridized carbons (Fsp3) is 0.529. The molecule has 1 amide bonds. The summed E-state index contributed by atoms with van der Waals surface area (Å²) in [4.78, 5) is 17.6. The molecule has 2 N–H and O–H groups in total. The zero-order chi connectivity index (χ0) is 19.7. The van der Waals surface area contributed by atoms with Gasteiger partial charge in [0.15, 0.2) is 5.96 Å². The van der Waals surface area contributed by atoms with Gasteiger partial charge in [0, 0.05) is 30.7 Å². The summed E-state index contributed by atoms with van der Waals surface area (Å²) in [7, 11) is 3.31. The van der Waals surface area contributed by atoms with Gasteiger partial charge in [-0.1, -0.05) is 18.5 Å². The van der Waals surface area contributed by atoms with E-state index in [0.717, 1.165) is 6.42 Å². The van der Waals surface area contributed by atoms with Crippen molar-refractivity contribution >= 4 is 23.5 Å². The first-order valence-electron chi connectivity index (χ1n) is 8.21. The Morgan fingerprint density at radius 2 is 2.08 bits per heavy atom. The van der Waals surface area contributed by atoms with Crippen molar-refractivity contribution in [2.45, 2.75) is 39.5 Å². The quantitative estimate of drug-likeness (QED) is 0.529. The van der Waals surface area contributed by atoms with Gasteiger partial charge in [0.2, 0.25) is 5.91 Å².